The van der Waals surface area contributed by atoms with Crippen molar-refractivity contribution in [2.24, 2.45) is 0 Å². The normalized spacial score (nSPS) is 11.5. The van der Waals surface area contributed by atoms with Gasteiger partial charge in [-0.05, 0) is 23.8 Å². The first-order valence-electron chi connectivity index (χ1n) is 6.89. The number of nitrogens with one attached hydrogen (secondary N) is 1. The number of carboxylic acids is 1. The first kappa shape index (κ1) is 17.1. The van der Waals surface area contributed by atoms with Gasteiger partial charge in [0.25, 0.3) is 11.6 Å². The van der Waals surface area contributed by atoms with E-state index < -0.39 is 28.7 Å². The summed E-state index contributed by atoms with van der Waals surface area (Å²) in [5.41, 5.74) is 0.0936. The SMILES string of the molecule is O=C(N[C@@H](Cc1cccc(F)c1)C(=O)O)c1cccc([N+](=O)[O-])c1. The number of carboxylic acid groups (broad SMARTS) is 1. The third-order valence-corrected chi connectivity index (χ3v) is 3.25. The maximum absolute atomic E-state index is 13.2. The van der Waals surface area contributed by atoms with E-state index in [4.69, 9.17) is 0 Å². The Kier molecular flexibility index (Phi) is 5.20. The summed E-state index contributed by atoms with van der Waals surface area (Å²) in [6.07, 6.45) is -0.117. The molecule has 0 bridgehead atoms. The second kappa shape index (κ2) is 7.32. The van der Waals surface area contributed by atoms with Gasteiger partial charge in [0.1, 0.15) is 11.9 Å². The second-order valence-corrected chi connectivity index (χ2v) is 5.01. The molecule has 1 atom stereocenters. The molecule has 2 aromatic rings. The van der Waals surface area contributed by atoms with Crippen molar-refractivity contribution < 1.29 is 24.0 Å². The van der Waals surface area contributed by atoms with E-state index in [0.717, 1.165) is 6.07 Å². The van der Waals surface area contributed by atoms with Gasteiger partial charge in [0.2, 0.25) is 0 Å². The summed E-state index contributed by atoms with van der Waals surface area (Å²) in [7, 11) is 0. The molecule has 7 nitrogen and oxygen atoms in total. The largest absolute Gasteiger partial charge is 0.480 e. The summed E-state index contributed by atoms with van der Waals surface area (Å²) in [6.45, 7) is 0. The molecule has 2 rings (SSSR count). The molecule has 1 amide bonds. The van der Waals surface area contributed by atoms with Crippen molar-refractivity contribution in [1.82, 2.24) is 5.32 Å². The number of carbonyl (C=O) groups excluding carboxylic acids is 1. The van der Waals surface area contributed by atoms with Crippen molar-refractivity contribution in [3.63, 3.8) is 0 Å². The lowest BCUT2D eigenvalue weighted by molar-refractivity contribution is -0.384. The highest BCUT2D eigenvalue weighted by atomic mass is 19.1. The summed E-state index contributed by atoms with van der Waals surface area (Å²) in [6, 6.07) is 9.02. The molecule has 0 heterocycles. The molecule has 0 aliphatic heterocycles. The van der Waals surface area contributed by atoms with Gasteiger partial charge in [0.05, 0.1) is 4.92 Å². The number of benzene rings is 2. The van der Waals surface area contributed by atoms with E-state index in [1.165, 1.54) is 36.4 Å². The van der Waals surface area contributed by atoms with Crippen LogP contribution in [0.5, 0.6) is 0 Å². The minimum Gasteiger partial charge on any atom is -0.480 e. The molecule has 0 aliphatic carbocycles. The molecule has 2 N–H and O–H groups in total. The first-order chi connectivity index (χ1) is 11.4. The molecule has 0 unspecified atom stereocenters. The van der Waals surface area contributed by atoms with E-state index in [9.17, 15) is 29.2 Å². The minimum absolute atomic E-state index is 0.0327. The zero-order chi connectivity index (χ0) is 17.7. The molecule has 0 aliphatic rings. The third kappa shape index (κ3) is 4.35. The average molecular weight is 332 g/mol. The number of nitrogens with zero attached hydrogens (tertiary/aromatic N) is 1. The Labute approximate surface area is 135 Å². The van der Waals surface area contributed by atoms with Gasteiger partial charge in [-0.1, -0.05) is 18.2 Å². The monoisotopic (exact) mass is 332 g/mol. The number of amides is 1. The van der Waals surface area contributed by atoms with Gasteiger partial charge in [-0.2, -0.15) is 0 Å². The molecule has 0 aromatic heterocycles. The van der Waals surface area contributed by atoms with Crippen molar-refractivity contribution in [3.8, 4) is 0 Å². The van der Waals surface area contributed by atoms with Crippen LogP contribution in [0.2, 0.25) is 0 Å². The molecular weight excluding hydrogens is 319 g/mol. The number of rotatable bonds is 6. The highest BCUT2D eigenvalue weighted by molar-refractivity contribution is 5.97. The van der Waals surface area contributed by atoms with E-state index in [1.807, 2.05) is 0 Å². The van der Waals surface area contributed by atoms with Crippen LogP contribution in [0.4, 0.5) is 10.1 Å². The number of carbonyl (C=O) groups is 2. The van der Waals surface area contributed by atoms with Crippen LogP contribution < -0.4 is 5.32 Å². The molecule has 0 fully saturated rings. The van der Waals surface area contributed by atoms with Crippen LogP contribution in [0.3, 0.4) is 0 Å². The third-order valence-electron chi connectivity index (χ3n) is 3.25. The summed E-state index contributed by atoms with van der Waals surface area (Å²) in [5, 5.41) is 22.2. The Morgan fingerprint density at radius 1 is 1.21 bits per heavy atom. The standard InChI is InChI=1S/C16H13FN2O5/c17-12-5-1-3-10(7-12)8-14(16(21)22)18-15(20)11-4-2-6-13(9-11)19(23)24/h1-7,9,14H,8H2,(H,18,20)(H,21,22)/t14-/m0/s1. The highest BCUT2D eigenvalue weighted by Gasteiger charge is 2.22. The smallest absolute Gasteiger partial charge is 0.326 e. The van der Waals surface area contributed by atoms with Crippen LogP contribution in [0, 0.1) is 15.9 Å². The summed E-state index contributed by atoms with van der Waals surface area (Å²) < 4.78 is 13.2. The van der Waals surface area contributed by atoms with E-state index >= 15 is 0 Å². The maximum Gasteiger partial charge on any atom is 0.326 e. The van der Waals surface area contributed by atoms with Crippen LogP contribution in [-0.2, 0) is 11.2 Å². The van der Waals surface area contributed by atoms with Gasteiger partial charge in [0.15, 0.2) is 0 Å². The number of aliphatic carboxylic acids is 1. The van der Waals surface area contributed by atoms with Gasteiger partial charge >= 0.3 is 5.97 Å². The topological polar surface area (TPSA) is 110 Å². The summed E-state index contributed by atoms with van der Waals surface area (Å²) in [4.78, 5) is 33.5. The predicted molar refractivity (Wildman–Crippen MR) is 82.1 cm³/mol. The number of non-ortho nitro benzene ring substituents is 1. The van der Waals surface area contributed by atoms with E-state index in [-0.39, 0.29) is 17.7 Å². The fourth-order valence-corrected chi connectivity index (χ4v) is 2.10. The van der Waals surface area contributed by atoms with Crippen molar-refractivity contribution >= 4 is 17.6 Å². The fraction of sp³-hybridized carbons (Fsp3) is 0.125. The van der Waals surface area contributed by atoms with Crippen LogP contribution in [0.15, 0.2) is 48.5 Å². The van der Waals surface area contributed by atoms with Crippen molar-refractivity contribution in [2.75, 3.05) is 0 Å². The molecular formula is C16H13FN2O5. The lowest BCUT2D eigenvalue weighted by Crippen LogP contribution is -2.42. The highest BCUT2D eigenvalue weighted by Crippen LogP contribution is 2.14. The van der Waals surface area contributed by atoms with Crippen molar-refractivity contribution in [2.45, 2.75) is 12.5 Å². The Bertz CT molecular complexity index is 794. The Balaban J connectivity index is 2.15. The van der Waals surface area contributed by atoms with Gasteiger partial charge in [-0.15, -0.1) is 0 Å². The summed E-state index contributed by atoms with van der Waals surface area (Å²) in [5.74, 6) is -2.57. The van der Waals surface area contributed by atoms with Crippen molar-refractivity contribution in [3.05, 3.63) is 75.6 Å². The van der Waals surface area contributed by atoms with Gasteiger partial charge in [-0.25, -0.2) is 9.18 Å². The zero-order valence-corrected chi connectivity index (χ0v) is 12.3. The van der Waals surface area contributed by atoms with E-state index in [2.05, 4.69) is 5.32 Å². The molecule has 0 spiro atoms. The van der Waals surface area contributed by atoms with Crippen LogP contribution in [0.1, 0.15) is 15.9 Å². The quantitative estimate of drug-likeness (QED) is 0.622. The van der Waals surface area contributed by atoms with E-state index in [0.29, 0.717) is 5.56 Å². The maximum atomic E-state index is 13.2. The average Bonchev–Trinajstić information content (AvgIpc) is 2.54. The molecule has 0 radical (unpaired) electrons. The molecule has 124 valence electrons. The second-order valence-electron chi connectivity index (χ2n) is 5.01. The Morgan fingerprint density at radius 2 is 1.92 bits per heavy atom. The van der Waals surface area contributed by atoms with Gasteiger partial charge in [0, 0.05) is 24.1 Å². The number of halogens is 1. The Morgan fingerprint density at radius 3 is 2.54 bits per heavy atom. The fourth-order valence-electron chi connectivity index (χ4n) is 2.10. The van der Waals surface area contributed by atoms with Gasteiger partial charge in [-0.3, -0.25) is 14.9 Å². The number of hydrogen-bond donors (Lipinski definition) is 2. The lowest BCUT2D eigenvalue weighted by Gasteiger charge is -2.14. The van der Waals surface area contributed by atoms with Gasteiger partial charge < -0.3 is 10.4 Å². The molecule has 8 heteroatoms. The molecule has 0 saturated carbocycles. The first-order valence-corrected chi connectivity index (χ1v) is 6.89. The molecule has 24 heavy (non-hydrogen) atoms. The van der Waals surface area contributed by atoms with E-state index in [1.54, 1.807) is 6.07 Å². The van der Waals surface area contributed by atoms with Crippen LogP contribution >= 0.6 is 0 Å². The van der Waals surface area contributed by atoms with Crippen LogP contribution in [0.25, 0.3) is 0 Å². The zero-order valence-electron chi connectivity index (χ0n) is 12.3. The predicted octanol–water partition coefficient (Wildman–Crippen LogP) is 2.16. The molecule has 2 aromatic carbocycles. The number of nitro groups is 1. The summed E-state index contributed by atoms with van der Waals surface area (Å²) >= 11 is 0. The lowest BCUT2D eigenvalue weighted by atomic mass is 10.1. The Hall–Kier alpha value is -3.29. The van der Waals surface area contributed by atoms with Crippen LogP contribution in [-0.4, -0.2) is 27.9 Å². The number of hydrogen-bond acceptors (Lipinski definition) is 4. The minimum atomic E-state index is -1.29. The molecule has 0 saturated heterocycles. The van der Waals surface area contributed by atoms with Crippen molar-refractivity contribution in [1.29, 1.82) is 0 Å². The number of nitro benzene ring substituents is 1.